The van der Waals surface area contributed by atoms with Gasteiger partial charge in [0.1, 0.15) is 0 Å². The van der Waals surface area contributed by atoms with E-state index in [1.807, 2.05) is 11.8 Å². The highest BCUT2D eigenvalue weighted by molar-refractivity contribution is 7.98. The number of hydrogen-bond donors (Lipinski definition) is 2. The van der Waals surface area contributed by atoms with Crippen molar-refractivity contribution < 1.29 is 0 Å². The van der Waals surface area contributed by atoms with Gasteiger partial charge in [0.15, 0.2) is 0 Å². The van der Waals surface area contributed by atoms with E-state index in [0.29, 0.717) is 6.04 Å². The van der Waals surface area contributed by atoms with Crippen molar-refractivity contribution in [3.05, 3.63) is 0 Å². The van der Waals surface area contributed by atoms with Crippen LogP contribution in [0, 0.1) is 0 Å². The van der Waals surface area contributed by atoms with E-state index in [0.717, 1.165) is 5.75 Å². The molecule has 0 rings (SSSR count). The number of thioether (sulfide) groups is 1. The third-order valence-corrected chi connectivity index (χ3v) is 1.91. The largest absolute Gasteiger partial charge is 0.263 e. The number of hydrogen-bond acceptors (Lipinski definition) is 3. The zero-order valence-corrected chi connectivity index (χ0v) is 6.35. The fourth-order valence-corrected chi connectivity index (χ4v) is 1.09. The number of thiol groups is 1. The fraction of sp³-hybridized carbons (Fsp3) is 1.00. The van der Waals surface area contributed by atoms with Crippen LogP contribution in [0.3, 0.4) is 0 Å². The Bertz CT molecular complexity index is 40.7. The highest BCUT2D eigenvalue weighted by Gasteiger charge is 1.92. The Labute approximate surface area is 54.8 Å². The van der Waals surface area contributed by atoms with Crippen molar-refractivity contribution in [2.75, 3.05) is 12.0 Å². The second kappa shape index (κ2) is 4.81. The lowest BCUT2D eigenvalue weighted by atomic mass is 10.4. The lowest BCUT2D eigenvalue weighted by Gasteiger charge is -2.03. The molecule has 0 aliphatic carbocycles. The molecule has 0 heterocycles. The summed E-state index contributed by atoms with van der Waals surface area (Å²) in [6, 6.07) is 0.526. The predicted molar refractivity (Wildman–Crippen MR) is 40.0 cm³/mol. The molecule has 0 aromatic rings. The van der Waals surface area contributed by atoms with Gasteiger partial charge in [-0.15, -0.1) is 0 Å². The van der Waals surface area contributed by atoms with E-state index in [1.165, 1.54) is 0 Å². The first-order chi connectivity index (χ1) is 3.31. The van der Waals surface area contributed by atoms with Crippen LogP contribution in [-0.2, 0) is 0 Å². The van der Waals surface area contributed by atoms with E-state index < -0.39 is 0 Å². The van der Waals surface area contributed by atoms with Gasteiger partial charge in [-0.1, -0.05) is 12.8 Å². The average molecular weight is 137 g/mol. The summed E-state index contributed by atoms with van der Waals surface area (Å²) >= 11 is 5.71. The molecule has 0 fully saturated rings. The Balaban J connectivity index is 2.83. The summed E-state index contributed by atoms with van der Waals surface area (Å²) in [6.45, 7) is 2.10. The van der Waals surface area contributed by atoms with E-state index in [1.54, 1.807) is 0 Å². The van der Waals surface area contributed by atoms with Crippen molar-refractivity contribution in [1.29, 1.82) is 0 Å². The first-order valence-electron chi connectivity index (χ1n) is 2.19. The van der Waals surface area contributed by atoms with Gasteiger partial charge in [-0.05, 0) is 13.2 Å². The maximum absolute atomic E-state index is 3.89. The molecule has 0 amide bonds. The third-order valence-electron chi connectivity index (χ3n) is 0.637. The molecule has 0 aromatic heterocycles. The van der Waals surface area contributed by atoms with Crippen molar-refractivity contribution in [2.24, 2.45) is 0 Å². The third kappa shape index (κ3) is 4.51. The Kier molecular flexibility index (Phi) is 5.26. The molecule has 0 spiro atoms. The molecule has 3 heteroatoms. The van der Waals surface area contributed by atoms with Crippen molar-refractivity contribution in [1.82, 2.24) is 4.72 Å². The van der Waals surface area contributed by atoms with Crippen molar-refractivity contribution in [3.8, 4) is 0 Å². The van der Waals surface area contributed by atoms with Crippen LogP contribution in [0.2, 0.25) is 0 Å². The van der Waals surface area contributed by atoms with Crippen LogP contribution in [0.25, 0.3) is 0 Å². The fourth-order valence-electron chi connectivity index (χ4n) is 0.287. The van der Waals surface area contributed by atoms with Crippen molar-refractivity contribution in [2.45, 2.75) is 13.0 Å². The van der Waals surface area contributed by atoms with Gasteiger partial charge in [0.05, 0.1) is 0 Å². The summed E-state index contributed by atoms with van der Waals surface area (Å²) < 4.78 is 2.84. The topological polar surface area (TPSA) is 12.0 Å². The van der Waals surface area contributed by atoms with Crippen LogP contribution in [0.15, 0.2) is 0 Å². The van der Waals surface area contributed by atoms with E-state index in [4.69, 9.17) is 0 Å². The Morgan fingerprint density at radius 1 is 1.86 bits per heavy atom. The van der Waals surface area contributed by atoms with E-state index >= 15 is 0 Å². The molecule has 0 radical (unpaired) electrons. The summed E-state index contributed by atoms with van der Waals surface area (Å²) in [5.41, 5.74) is 0. The Hall–Kier alpha value is 0.660. The zero-order chi connectivity index (χ0) is 5.70. The first-order valence-corrected chi connectivity index (χ1v) is 4.04. The summed E-state index contributed by atoms with van der Waals surface area (Å²) in [4.78, 5) is 0. The minimum atomic E-state index is 0.526. The summed E-state index contributed by atoms with van der Waals surface area (Å²) in [6.07, 6.45) is 2.08. The van der Waals surface area contributed by atoms with Crippen molar-refractivity contribution >= 4 is 24.6 Å². The van der Waals surface area contributed by atoms with Crippen LogP contribution >= 0.6 is 24.6 Å². The summed E-state index contributed by atoms with van der Waals surface area (Å²) in [7, 11) is 0. The lowest BCUT2D eigenvalue weighted by molar-refractivity contribution is 0.788. The molecule has 0 aliphatic rings. The van der Waals surface area contributed by atoms with Gasteiger partial charge in [-0.2, -0.15) is 11.8 Å². The average Bonchev–Trinajstić information content (AvgIpc) is 1.68. The Morgan fingerprint density at radius 2 is 2.43 bits per heavy atom. The second-order valence-electron chi connectivity index (χ2n) is 1.49. The molecule has 1 unspecified atom stereocenters. The zero-order valence-electron chi connectivity index (χ0n) is 4.64. The minimum Gasteiger partial charge on any atom is -0.263 e. The van der Waals surface area contributed by atoms with Gasteiger partial charge in [0.2, 0.25) is 0 Å². The highest BCUT2D eigenvalue weighted by Crippen LogP contribution is 1.95. The quantitative estimate of drug-likeness (QED) is 0.566. The molecule has 1 N–H and O–H groups in total. The van der Waals surface area contributed by atoms with E-state index in [2.05, 4.69) is 30.7 Å². The molecular formula is C4H11NS2. The predicted octanol–water partition coefficient (Wildman–Crippen LogP) is 1.17. The summed E-state index contributed by atoms with van der Waals surface area (Å²) in [5, 5.41) is 0. The van der Waals surface area contributed by atoms with Gasteiger partial charge in [0.25, 0.3) is 0 Å². The number of nitrogens with one attached hydrogen (secondary N) is 1. The second-order valence-corrected chi connectivity index (χ2v) is 2.65. The SMILES string of the molecule is CSCC(C)NS. The maximum atomic E-state index is 3.89. The van der Waals surface area contributed by atoms with Gasteiger partial charge in [-0.25, -0.2) is 0 Å². The van der Waals surface area contributed by atoms with Gasteiger partial charge in [0, 0.05) is 11.8 Å². The van der Waals surface area contributed by atoms with Gasteiger partial charge in [-0.3, -0.25) is 4.72 Å². The highest BCUT2D eigenvalue weighted by atomic mass is 32.2. The summed E-state index contributed by atoms with van der Waals surface area (Å²) in [5.74, 6) is 1.13. The van der Waals surface area contributed by atoms with Crippen LogP contribution in [0.5, 0.6) is 0 Å². The van der Waals surface area contributed by atoms with Crippen LogP contribution in [0.1, 0.15) is 6.92 Å². The minimum absolute atomic E-state index is 0.526. The molecule has 7 heavy (non-hydrogen) atoms. The van der Waals surface area contributed by atoms with Crippen molar-refractivity contribution in [3.63, 3.8) is 0 Å². The molecule has 1 nitrogen and oxygen atoms in total. The van der Waals surface area contributed by atoms with E-state index in [-0.39, 0.29) is 0 Å². The van der Waals surface area contributed by atoms with Gasteiger partial charge >= 0.3 is 0 Å². The molecule has 0 aromatic carbocycles. The molecule has 0 saturated carbocycles. The molecule has 44 valence electrons. The van der Waals surface area contributed by atoms with Crippen LogP contribution in [-0.4, -0.2) is 18.1 Å². The maximum Gasteiger partial charge on any atom is 0.0231 e. The first kappa shape index (κ1) is 7.66. The van der Waals surface area contributed by atoms with Crippen LogP contribution < -0.4 is 4.72 Å². The molecule has 0 saturated heterocycles. The lowest BCUT2D eigenvalue weighted by Crippen LogP contribution is -2.18. The smallest absolute Gasteiger partial charge is 0.0231 e. The van der Waals surface area contributed by atoms with E-state index in [9.17, 15) is 0 Å². The monoisotopic (exact) mass is 137 g/mol. The molecule has 1 atom stereocenters. The number of rotatable bonds is 3. The normalized spacial score (nSPS) is 14.1. The standard InChI is InChI=1S/C4H11NS2/c1-4(5-6)3-7-2/h4-6H,3H2,1-2H3. The molecule has 0 bridgehead atoms. The molecular weight excluding hydrogens is 126 g/mol. The van der Waals surface area contributed by atoms with Crippen LogP contribution in [0.4, 0.5) is 0 Å². The Morgan fingerprint density at radius 3 is 2.57 bits per heavy atom. The molecule has 0 aliphatic heterocycles. The van der Waals surface area contributed by atoms with Gasteiger partial charge < -0.3 is 0 Å².